The number of nitrogens with one attached hydrogen (secondary N) is 2. The summed E-state index contributed by atoms with van der Waals surface area (Å²) in [6, 6.07) is 19.7. The SMILES string of the molecule is COc1ccc(Cl)cc1C(=O)N1CCN(c2ccc(NC(=S)NC(=O)c3ccc(OC(C)C)cc3)cc2)CC1. The number of rotatable bonds is 7. The zero-order chi connectivity index (χ0) is 27.9. The van der Waals surface area contributed by atoms with Gasteiger partial charge in [0.2, 0.25) is 0 Å². The molecule has 3 aromatic carbocycles. The standard InChI is InChI=1S/C29H31ClN4O4S/c1-19(2)38-24-11-4-20(5-12-24)27(35)32-29(39)31-22-7-9-23(10-8-22)33-14-16-34(17-15-33)28(36)25-18-21(30)6-13-26(25)37-3/h4-13,18-19H,14-17H2,1-3H3,(H2,31,32,35,39). The maximum absolute atomic E-state index is 13.1. The molecule has 3 aromatic rings. The molecule has 39 heavy (non-hydrogen) atoms. The number of hydrogen-bond acceptors (Lipinski definition) is 6. The zero-order valence-electron chi connectivity index (χ0n) is 22.1. The van der Waals surface area contributed by atoms with E-state index in [1.807, 2.05) is 43.0 Å². The lowest BCUT2D eigenvalue weighted by Crippen LogP contribution is -2.48. The number of methoxy groups -OCH3 is 1. The van der Waals surface area contributed by atoms with Crippen molar-refractivity contribution >= 4 is 52.1 Å². The van der Waals surface area contributed by atoms with Gasteiger partial charge in [-0.05, 0) is 92.8 Å². The second-order valence-corrected chi connectivity index (χ2v) is 10.1. The van der Waals surface area contributed by atoms with Gasteiger partial charge >= 0.3 is 0 Å². The van der Waals surface area contributed by atoms with Gasteiger partial charge < -0.3 is 24.6 Å². The first kappa shape index (κ1) is 28.2. The molecule has 0 aliphatic carbocycles. The van der Waals surface area contributed by atoms with E-state index in [2.05, 4.69) is 15.5 Å². The maximum atomic E-state index is 13.1. The van der Waals surface area contributed by atoms with E-state index >= 15 is 0 Å². The molecule has 1 saturated heterocycles. The van der Waals surface area contributed by atoms with E-state index in [1.165, 1.54) is 0 Å². The van der Waals surface area contributed by atoms with Crippen LogP contribution in [0.15, 0.2) is 66.7 Å². The van der Waals surface area contributed by atoms with Crippen LogP contribution in [0.1, 0.15) is 34.6 Å². The molecule has 204 valence electrons. The number of nitrogens with zero attached hydrogens (tertiary/aromatic N) is 2. The smallest absolute Gasteiger partial charge is 0.257 e. The third kappa shape index (κ3) is 7.40. The van der Waals surface area contributed by atoms with Crippen LogP contribution in [0.25, 0.3) is 0 Å². The molecule has 0 spiro atoms. The lowest BCUT2D eigenvalue weighted by atomic mass is 10.1. The van der Waals surface area contributed by atoms with Crippen LogP contribution in [-0.4, -0.2) is 61.2 Å². The van der Waals surface area contributed by atoms with E-state index in [9.17, 15) is 9.59 Å². The Morgan fingerprint density at radius 2 is 1.62 bits per heavy atom. The van der Waals surface area contributed by atoms with Gasteiger partial charge in [0.15, 0.2) is 5.11 Å². The lowest BCUT2D eigenvalue weighted by Gasteiger charge is -2.36. The summed E-state index contributed by atoms with van der Waals surface area (Å²) in [7, 11) is 1.54. The molecule has 1 aliphatic heterocycles. The summed E-state index contributed by atoms with van der Waals surface area (Å²) in [5, 5.41) is 6.45. The van der Waals surface area contributed by atoms with E-state index < -0.39 is 0 Å². The molecule has 2 amide bonds. The van der Waals surface area contributed by atoms with Crippen LogP contribution in [0, 0.1) is 0 Å². The Morgan fingerprint density at radius 3 is 2.23 bits per heavy atom. The molecule has 0 atom stereocenters. The Bertz CT molecular complexity index is 1320. The minimum atomic E-state index is -0.303. The van der Waals surface area contributed by atoms with Crippen LogP contribution >= 0.6 is 23.8 Å². The number of amides is 2. The largest absolute Gasteiger partial charge is 0.496 e. The highest BCUT2D eigenvalue weighted by molar-refractivity contribution is 7.80. The summed E-state index contributed by atoms with van der Waals surface area (Å²) in [4.78, 5) is 29.6. The third-order valence-corrected chi connectivity index (χ3v) is 6.60. The maximum Gasteiger partial charge on any atom is 0.257 e. The van der Waals surface area contributed by atoms with Gasteiger partial charge in [-0.1, -0.05) is 11.6 Å². The summed E-state index contributed by atoms with van der Waals surface area (Å²) in [6.45, 7) is 6.43. The number of piperazine rings is 1. The van der Waals surface area contributed by atoms with Crippen LogP contribution in [0.5, 0.6) is 11.5 Å². The molecule has 0 aromatic heterocycles. The predicted octanol–water partition coefficient (Wildman–Crippen LogP) is 5.23. The van der Waals surface area contributed by atoms with Crippen LogP contribution in [0.3, 0.4) is 0 Å². The van der Waals surface area contributed by atoms with Gasteiger partial charge in [0.25, 0.3) is 11.8 Å². The average Bonchev–Trinajstić information content (AvgIpc) is 2.93. The monoisotopic (exact) mass is 566 g/mol. The normalized spacial score (nSPS) is 13.2. The third-order valence-electron chi connectivity index (χ3n) is 6.16. The Balaban J connectivity index is 1.28. The predicted molar refractivity (Wildman–Crippen MR) is 158 cm³/mol. The van der Waals surface area contributed by atoms with Crippen molar-refractivity contribution in [1.29, 1.82) is 0 Å². The van der Waals surface area contributed by atoms with Gasteiger partial charge in [-0.25, -0.2) is 0 Å². The number of benzene rings is 3. The minimum Gasteiger partial charge on any atom is -0.496 e. The minimum absolute atomic E-state index is 0.0611. The Hall–Kier alpha value is -3.82. The topological polar surface area (TPSA) is 83.1 Å². The molecule has 0 radical (unpaired) electrons. The first-order valence-electron chi connectivity index (χ1n) is 12.6. The molecule has 4 rings (SSSR count). The highest BCUT2D eigenvalue weighted by atomic mass is 35.5. The van der Waals surface area contributed by atoms with E-state index in [1.54, 1.807) is 49.6 Å². The van der Waals surface area contributed by atoms with Crippen molar-refractivity contribution in [2.75, 3.05) is 43.5 Å². The first-order chi connectivity index (χ1) is 18.7. The lowest BCUT2D eigenvalue weighted by molar-refractivity contribution is 0.0743. The Kier molecular flexibility index (Phi) is 9.27. The molecule has 1 fully saturated rings. The highest BCUT2D eigenvalue weighted by Gasteiger charge is 2.24. The number of hydrogen-bond donors (Lipinski definition) is 2. The number of carbonyl (C=O) groups is 2. The van der Waals surface area contributed by atoms with Gasteiger partial charge in [-0.3, -0.25) is 14.9 Å². The van der Waals surface area contributed by atoms with Gasteiger partial charge in [0, 0.05) is 48.1 Å². The van der Waals surface area contributed by atoms with Gasteiger partial charge in [0.05, 0.1) is 18.8 Å². The molecule has 1 aliphatic rings. The first-order valence-corrected chi connectivity index (χ1v) is 13.4. The molecular formula is C29H31ClN4O4S. The van der Waals surface area contributed by atoms with E-state index in [-0.39, 0.29) is 23.0 Å². The summed E-state index contributed by atoms with van der Waals surface area (Å²) >= 11 is 11.4. The molecule has 1 heterocycles. The average molecular weight is 567 g/mol. The van der Waals surface area contributed by atoms with Crippen molar-refractivity contribution in [2.24, 2.45) is 0 Å². The van der Waals surface area contributed by atoms with E-state index in [0.717, 1.165) is 11.4 Å². The summed E-state index contributed by atoms with van der Waals surface area (Å²) in [6.07, 6.45) is 0.0611. The Morgan fingerprint density at radius 1 is 0.949 bits per heavy atom. The van der Waals surface area contributed by atoms with E-state index in [0.29, 0.717) is 53.8 Å². The van der Waals surface area contributed by atoms with Crippen molar-refractivity contribution in [3.8, 4) is 11.5 Å². The number of thiocarbonyl (C=S) groups is 1. The molecule has 0 saturated carbocycles. The summed E-state index contributed by atoms with van der Waals surface area (Å²) in [5.74, 6) is 0.821. The number of halogens is 1. The van der Waals surface area contributed by atoms with Crippen molar-refractivity contribution < 1.29 is 19.1 Å². The van der Waals surface area contributed by atoms with Gasteiger partial charge in [0.1, 0.15) is 11.5 Å². The second kappa shape index (κ2) is 12.8. The fourth-order valence-electron chi connectivity index (χ4n) is 4.24. The van der Waals surface area contributed by atoms with Crippen LogP contribution in [-0.2, 0) is 0 Å². The molecule has 0 bridgehead atoms. The molecule has 8 nitrogen and oxygen atoms in total. The second-order valence-electron chi connectivity index (χ2n) is 9.27. The van der Waals surface area contributed by atoms with Crippen molar-refractivity contribution in [3.63, 3.8) is 0 Å². The highest BCUT2D eigenvalue weighted by Crippen LogP contribution is 2.26. The Labute approximate surface area is 238 Å². The number of anilines is 2. The van der Waals surface area contributed by atoms with Crippen LogP contribution in [0.2, 0.25) is 5.02 Å². The van der Waals surface area contributed by atoms with Gasteiger partial charge in [-0.2, -0.15) is 0 Å². The fraction of sp³-hybridized carbons (Fsp3) is 0.276. The van der Waals surface area contributed by atoms with Crippen molar-refractivity contribution in [2.45, 2.75) is 20.0 Å². The van der Waals surface area contributed by atoms with Crippen molar-refractivity contribution in [1.82, 2.24) is 10.2 Å². The van der Waals surface area contributed by atoms with Crippen molar-refractivity contribution in [3.05, 3.63) is 82.9 Å². The molecule has 0 unspecified atom stereocenters. The summed E-state index contributed by atoms with van der Waals surface area (Å²) < 4.78 is 11.0. The fourth-order valence-corrected chi connectivity index (χ4v) is 4.62. The van der Waals surface area contributed by atoms with E-state index in [4.69, 9.17) is 33.3 Å². The zero-order valence-corrected chi connectivity index (χ0v) is 23.6. The summed E-state index contributed by atoms with van der Waals surface area (Å²) in [5.41, 5.74) is 2.74. The number of ether oxygens (including phenoxy) is 2. The van der Waals surface area contributed by atoms with Gasteiger partial charge in [-0.15, -0.1) is 0 Å². The van der Waals surface area contributed by atoms with Crippen LogP contribution in [0.4, 0.5) is 11.4 Å². The van der Waals surface area contributed by atoms with Crippen LogP contribution < -0.4 is 25.0 Å². The number of carbonyl (C=O) groups excluding carboxylic acids is 2. The quantitative estimate of drug-likeness (QED) is 0.379. The molecule has 10 heteroatoms. The molecule has 2 N–H and O–H groups in total. The molecular weight excluding hydrogens is 536 g/mol.